The van der Waals surface area contributed by atoms with Crippen LogP contribution in [0.5, 0.6) is 0 Å². The van der Waals surface area contributed by atoms with E-state index in [0.717, 1.165) is 39.8 Å². The first-order valence-electron chi connectivity index (χ1n) is 15.2. The molecule has 2 amide bonds. The zero-order valence-corrected chi connectivity index (χ0v) is 25.3. The first-order chi connectivity index (χ1) is 22.0. The summed E-state index contributed by atoms with van der Waals surface area (Å²) in [5.41, 5.74) is 7.95. The Labute approximate surface area is 263 Å². The van der Waals surface area contributed by atoms with Crippen LogP contribution in [0.1, 0.15) is 33.5 Å². The molecule has 3 aromatic carbocycles. The number of nitrogens with zero attached hydrogens (tertiary/aromatic N) is 5. The molecule has 7 nitrogen and oxygen atoms in total. The van der Waals surface area contributed by atoms with Gasteiger partial charge < -0.3 is 9.80 Å². The molecule has 0 saturated heterocycles. The number of carbonyl (C=O) groups excluding carboxylic acids is 2. The molecule has 0 radical (unpaired) electrons. The highest BCUT2D eigenvalue weighted by atomic mass is 16.2. The fourth-order valence-electron chi connectivity index (χ4n) is 5.68. The third-order valence-electron chi connectivity index (χ3n) is 8.19. The van der Waals surface area contributed by atoms with Crippen LogP contribution in [0.2, 0.25) is 0 Å². The van der Waals surface area contributed by atoms with E-state index in [4.69, 9.17) is 0 Å². The number of carbonyl (C=O) groups is 2. The minimum Gasteiger partial charge on any atom is -0.336 e. The van der Waals surface area contributed by atoms with Crippen molar-refractivity contribution in [2.75, 3.05) is 6.54 Å². The van der Waals surface area contributed by atoms with E-state index in [0.29, 0.717) is 25.2 Å². The minimum absolute atomic E-state index is 0.0541. The van der Waals surface area contributed by atoms with Gasteiger partial charge in [-0.05, 0) is 58.9 Å². The predicted molar refractivity (Wildman–Crippen MR) is 176 cm³/mol. The van der Waals surface area contributed by atoms with Gasteiger partial charge in [0.2, 0.25) is 11.8 Å². The van der Waals surface area contributed by atoms with E-state index >= 15 is 0 Å². The lowest BCUT2D eigenvalue weighted by molar-refractivity contribution is -0.144. The molecule has 0 aliphatic carbocycles. The van der Waals surface area contributed by atoms with Gasteiger partial charge in [-0.15, -0.1) is 0 Å². The molecule has 1 aliphatic rings. The highest BCUT2D eigenvalue weighted by Gasteiger charge is 2.34. The number of aromatic nitrogens is 3. The van der Waals surface area contributed by atoms with E-state index in [1.807, 2.05) is 90.7 Å². The van der Waals surface area contributed by atoms with Gasteiger partial charge in [0.25, 0.3) is 0 Å². The molecule has 0 spiro atoms. The predicted octanol–water partition coefficient (Wildman–Crippen LogP) is 6.09. The number of benzene rings is 3. The van der Waals surface area contributed by atoms with Crippen LogP contribution in [0.3, 0.4) is 0 Å². The summed E-state index contributed by atoms with van der Waals surface area (Å²) < 4.78 is 0. The van der Waals surface area contributed by atoms with Gasteiger partial charge in [-0.25, -0.2) is 9.97 Å². The second-order valence-electron chi connectivity index (χ2n) is 11.4. The Hall–Kier alpha value is -5.43. The number of hydrogen-bond donors (Lipinski definition) is 0. The smallest absolute Gasteiger partial charge is 0.247 e. The van der Waals surface area contributed by atoms with E-state index in [1.165, 1.54) is 18.0 Å². The standard InChI is InChI=1S/C38H35N5O2/c1-28-11-16-35(41-22-28)17-18-37(44)43(25-30-12-14-32(15-13-30)34-23-39-27-40-24-34)36(21-29-7-3-2-4-8-29)38(45)42-20-19-31-9-5-6-10-33(31)26-42/h2-18,22-24,27,36H,19-21,25-26H2,1H3. The number of rotatable bonds is 9. The van der Waals surface area contributed by atoms with Gasteiger partial charge in [0.1, 0.15) is 12.4 Å². The summed E-state index contributed by atoms with van der Waals surface area (Å²) in [5.74, 6) is -0.300. The molecule has 7 heteroatoms. The van der Waals surface area contributed by atoms with Crippen molar-refractivity contribution in [2.45, 2.75) is 38.9 Å². The van der Waals surface area contributed by atoms with Crippen molar-refractivity contribution in [1.29, 1.82) is 0 Å². The van der Waals surface area contributed by atoms with Gasteiger partial charge >= 0.3 is 0 Å². The summed E-state index contributed by atoms with van der Waals surface area (Å²) >= 11 is 0. The lowest BCUT2D eigenvalue weighted by Crippen LogP contribution is -2.52. The molecule has 0 saturated carbocycles. The quantitative estimate of drug-likeness (QED) is 0.194. The van der Waals surface area contributed by atoms with E-state index in [9.17, 15) is 9.59 Å². The molecule has 1 atom stereocenters. The molecule has 45 heavy (non-hydrogen) atoms. The fraction of sp³-hybridized carbons (Fsp3) is 0.184. The first-order valence-corrected chi connectivity index (χ1v) is 15.2. The Morgan fingerprint density at radius 2 is 1.56 bits per heavy atom. The molecule has 3 heterocycles. The molecule has 5 aromatic rings. The van der Waals surface area contributed by atoms with Crippen molar-refractivity contribution < 1.29 is 9.59 Å². The van der Waals surface area contributed by atoms with Gasteiger partial charge in [0.15, 0.2) is 0 Å². The number of fused-ring (bicyclic) bond motifs is 1. The first kappa shape index (κ1) is 29.6. The maximum atomic E-state index is 14.5. The van der Waals surface area contributed by atoms with Gasteiger partial charge in [-0.1, -0.05) is 84.9 Å². The molecular formula is C38H35N5O2. The van der Waals surface area contributed by atoms with Crippen LogP contribution >= 0.6 is 0 Å². The molecule has 0 bridgehead atoms. The number of amides is 2. The molecule has 0 N–H and O–H groups in total. The average Bonchev–Trinajstić information content (AvgIpc) is 3.10. The summed E-state index contributed by atoms with van der Waals surface area (Å²) in [6.07, 6.45) is 11.3. The van der Waals surface area contributed by atoms with Crippen LogP contribution in [0.15, 0.2) is 122 Å². The zero-order chi connectivity index (χ0) is 31.0. The average molecular weight is 594 g/mol. The van der Waals surface area contributed by atoms with Crippen LogP contribution < -0.4 is 0 Å². The Morgan fingerprint density at radius 1 is 0.822 bits per heavy atom. The van der Waals surface area contributed by atoms with E-state index in [-0.39, 0.29) is 18.4 Å². The Morgan fingerprint density at radius 3 is 2.29 bits per heavy atom. The number of aryl methyl sites for hydroxylation is 1. The molecule has 1 aliphatic heterocycles. The largest absolute Gasteiger partial charge is 0.336 e. The van der Waals surface area contributed by atoms with Crippen molar-refractivity contribution >= 4 is 17.9 Å². The Bertz CT molecular complexity index is 1770. The van der Waals surface area contributed by atoms with E-state index < -0.39 is 6.04 Å². The van der Waals surface area contributed by atoms with Crippen LogP contribution in [-0.4, -0.2) is 49.2 Å². The van der Waals surface area contributed by atoms with Crippen LogP contribution in [0, 0.1) is 6.92 Å². The van der Waals surface area contributed by atoms with Gasteiger partial charge in [0, 0.05) is 56.3 Å². The molecular weight excluding hydrogens is 558 g/mol. The normalized spacial score (nSPS) is 13.3. The van der Waals surface area contributed by atoms with Crippen molar-refractivity contribution in [3.8, 4) is 11.1 Å². The van der Waals surface area contributed by atoms with Crippen LogP contribution in [-0.2, 0) is 35.5 Å². The third-order valence-corrected chi connectivity index (χ3v) is 8.19. The van der Waals surface area contributed by atoms with Crippen molar-refractivity contribution in [3.63, 3.8) is 0 Å². The minimum atomic E-state index is -0.706. The molecule has 224 valence electrons. The maximum Gasteiger partial charge on any atom is 0.247 e. The topological polar surface area (TPSA) is 79.3 Å². The van der Waals surface area contributed by atoms with Crippen molar-refractivity contribution in [1.82, 2.24) is 24.8 Å². The molecule has 2 aromatic heterocycles. The number of pyridine rings is 1. The van der Waals surface area contributed by atoms with Crippen molar-refractivity contribution in [2.24, 2.45) is 0 Å². The lowest BCUT2D eigenvalue weighted by Gasteiger charge is -2.37. The summed E-state index contributed by atoms with van der Waals surface area (Å²) in [4.78, 5) is 44.9. The zero-order valence-electron chi connectivity index (χ0n) is 25.3. The Balaban J connectivity index is 1.34. The number of hydrogen-bond acceptors (Lipinski definition) is 5. The lowest BCUT2D eigenvalue weighted by atomic mass is 9.97. The SMILES string of the molecule is Cc1ccc(C=CC(=O)N(Cc2ccc(-c3cncnc3)cc2)C(Cc2ccccc2)C(=O)N2CCc3ccccc3C2)nc1. The fourth-order valence-corrected chi connectivity index (χ4v) is 5.68. The van der Waals surface area contributed by atoms with E-state index in [1.54, 1.807) is 29.6 Å². The van der Waals surface area contributed by atoms with E-state index in [2.05, 4.69) is 27.1 Å². The third kappa shape index (κ3) is 7.39. The Kier molecular flexibility index (Phi) is 9.16. The van der Waals surface area contributed by atoms with Gasteiger partial charge in [-0.3, -0.25) is 14.6 Å². The summed E-state index contributed by atoms with van der Waals surface area (Å²) in [7, 11) is 0. The van der Waals surface area contributed by atoms with Crippen LogP contribution in [0.4, 0.5) is 0 Å². The second-order valence-corrected chi connectivity index (χ2v) is 11.4. The molecule has 6 rings (SSSR count). The van der Waals surface area contributed by atoms with Gasteiger partial charge in [-0.2, -0.15) is 0 Å². The second kappa shape index (κ2) is 13.9. The molecule has 0 fully saturated rings. The van der Waals surface area contributed by atoms with Gasteiger partial charge in [0.05, 0.1) is 5.69 Å². The molecule has 1 unspecified atom stereocenters. The van der Waals surface area contributed by atoms with Crippen LogP contribution in [0.25, 0.3) is 17.2 Å². The van der Waals surface area contributed by atoms with Crippen molar-refractivity contribution in [3.05, 3.63) is 156 Å². The summed E-state index contributed by atoms with van der Waals surface area (Å²) in [6.45, 7) is 3.38. The summed E-state index contributed by atoms with van der Waals surface area (Å²) in [5, 5.41) is 0. The monoisotopic (exact) mass is 593 g/mol. The maximum absolute atomic E-state index is 14.5. The highest BCUT2D eigenvalue weighted by Crippen LogP contribution is 2.24. The summed E-state index contributed by atoms with van der Waals surface area (Å²) in [6, 6.07) is 29.3. The highest BCUT2D eigenvalue weighted by molar-refractivity contribution is 5.95.